The maximum Gasteiger partial charge on any atom is 0.287 e. The van der Waals surface area contributed by atoms with Gasteiger partial charge in [0.25, 0.3) is 5.91 Å². The Hall–Kier alpha value is -3.07. The van der Waals surface area contributed by atoms with Crippen molar-refractivity contribution in [2.24, 2.45) is 0 Å². The van der Waals surface area contributed by atoms with Crippen molar-refractivity contribution in [3.63, 3.8) is 0 Å². The van der Waals surface area contributed by atoms with Crippen LogP contribution in [-0.2, 0) is 15.8 Å². The predicted octanol–water partition coefficient (Wildman–Crippen LogP) is 1.23. The summed E-state index contributed by atoms with van der Waals surface area (Å²) in [4.78, 5) is 16.1. The highest BCUT2D eigenvalue weighted by Crippen LogP contribution is 2.12. The first-order valence-electron chi connectivity index (χ1n) is 7.38. The fourth-order valence-electron chi connectivity index (χ4n) is 2.28. The maximum absolute atomic E-state index is 12.3. The lowest BCUT2D eigenvalue weighted by Crippen LogP contribution is -2.32. The third-order valence-electron chi connectivity index (χ3n) is 3.44. The first-order chi connectivity index (χ1) is 12.0. The van der Waals surface area contributed by atoms with E-state index in [9.17, 15) is 13.2 Å². The van der Waals surface area contributed by atoms with E-state index in [1.807, 2.05) is 35.1 Å². The van der Waals surface area contributed by atoms with Crippen LogP contribution in [0, 0.1) is 6.92 Å². The van der Waals surface area contributed by atoms with Gasteiger partial charge in [0.05, 0.1) is 17.1 Å². The molecule has 0 unspecified atom stereocenters. The lowest BCUT2D eigenvalue weighted by atomic mass is 10.3. The highest BCUT2D eigenvalue weighted by atomic mass is 32.2. The number of carbonyl (C=O) groups excluding carboxylic acids is 1. The molecule has 128 valence electrons. The molecule has 0 saturated carbocycles. The Morgan fingerprint density at radius 1 is 1.16 bits per heavy atom. The van der Waals surface area contributed by atoms with Crippen molar-refractivity contribution in [1.82, 2.24) is 24.7 Å². The SMILES string of the molecule is Cc1c(C(=O)NS(=O)(=O)Cc2cccnc2)nnn1-c1ccccc1. The number of sulfonamides is 1. The molecular formula is C16H15N5O3S. The normalized spacial score (nSPS) is 11.2. The average Bonchev–Trinajstić information content (AvgIpc) is 2.97. The molecule has 1 amide bonds. The second-order valence-corrected chi connectivity index (χ2v) is 7.04. The van der Waals surface area contributed by atoms with Crippen molar-refractivity contribution in [1.29, 1.82) is 0 Å². The standard InChI is InChI=1S/C16H15N5O3S/c1-12-15(18-20-21(12)14-7-3-2-4-8-14)16(22)19-25(23,24)11-13-6-5-9-17-10-13/h2-10H,11H2,1H3,(H,19,22). The van der Waals surface area contributed by atoms with Crippen LogP contribution in [0.25, 0.3) is 5.69 Å². The van der Waals surface area contributed by atoms with Crippen molar-refractivity contribution in [3.05, 3.63) is 71.8 Å². The summed E-state index contributed by atoms with van der Waals surface area (Å²) >= 11 is 0. The van der Waals surface area contributed by atoms with Crippen molar-refractivity contribution in [3.8, 4) is 5.69 Å². The molecule has 1 N–H and O–H groups in total. The van der Waals surface area contributed by atoms with Crippen molar-refractivity contribution in [2.45, 2.75) is 12.7 Å². The van der Waals surface area contributed by atoms with Crippen LogP contribution >= 0.6 is 0 Å². The van der Waals surface area contributed by atoms with E-state index >= 15 is 0 Å². The van der Waals surface area contributed by atoms with E-state index in [-0.39, 0.29) is 11.4 Å². The van der Waals surface area contributed by atoms with Crippen LogP contribution in [0.1, 0.15) is 21.7 Å². The number of hydrogen-bond acceptors (Lipinski definition) is 6. The van der Waals surface area contributed by atoms with Gasteiger partial charge in [-0.1, -0.05) is 29.5 Å². The van der Waals surface area contributed by atoms with E-state index in [0.717, 1.165) is 5.69 Å². The second kappa shape index (κ2) is 6.81. The quantitative estimate of drug-likeness (QED) is 0.736. The van der Waals surface area contributed by atoms with Crippen LogP contribution in [0.15, 0.2) is 54.9 Å². The van der Waals surface area contributed by atoms with Gasteiger partial charge in [0, 0.05) is 12.4 Å². The molecular weight excluding hydrogens is 342 g/mol. The third-order valence-corrected chi connectivity index (χ3v) is 4.65. The molecule has 2 heterocycles. The van der Waals surface area contributed by atoms with E-state index in [1.54, 1.807) is 25.3 Å². The molecule has 3 rings (SSSR count). The number of pyridine rings is 1. The summed E-state index contributed by atoms with van der Waals surface area (Å²) in [6.45, 7) is 1.65. The predicted molar refractivity (Wildman–Crippen MR) is 90.4 cm³/mol. The van der Waals surface area contributed by atoms with Crippen LogP contribution in [0.3, 0.4) is 0 Å². The smallest absolute Gasteiger partial charge is 0.266 e. The number of para-hydroxylation sites is 1. The highest BCUT2D eigenvalue weighted by Gasteiger charge is 2.22. The van der Waals surface area contributed by atoms with E-state index in [1.165, 1.54) is 10.9 Å². The maximum atomic E-state index is 12.3. The number of rotatable bonds is 5. The summed E-state index contributed by atoms with van der Waals surface area (Å²) in [5.74, 6) is -1.16. The van der Waals surface area contributed by atoms with Gasteiger partial charge in [-0.2, -0.15) is 0 Å². The van der Waals surface area contributed by atoms with Crippen molar-refractivity contribution < 1.29 is 13.2 Å². The summed E-state index contributed by atoms with van der Waals surface area (Å²) in [5.41, 5.74) is 1.61. The molecule has 0 aliphatic rings. The van der Waals surface area contributed by atoms with Gasteiger partial charge < -0.3 is 0 Å². The molecule has 0 spiro atoms. The minimum absolute atomic E-state index is 0.0429. The number of amides is 1. The summed E-state index contributed by atoms with van der Waals surface area (Å²) < 4.78 is 27.8. The van der Waals surface area contributed by atoms with Crippen LogP contribution in [0.4, 0.5) is 0 Å². The lowest BCUT2D eigenvalue weighted by Gasteiger charge is -2.06. The van der Waals surface area contributed by atoms with Gasteiger partial charge in [-0.05, 0) is 30.7 Å². The van der Waals surface area contributed by atoms with Gasteiger partial charge in [0.1, 0.15) is 0 Å². The minimum atomic E-state index is -3.87. The van der Waals surface area contributed by atoms with E-state index in [4.69, 9.17) is 0 Å². The Kier molecular flexibility index (Phi) is 4.57. The Morgan fingerprint density at radius 2 is 1.92 bits per heavy atom. The number of carbonyl (C=O) groups is 1. The van der Waals surface area contributed by atoms with Gasteiger partial charge in [-0.25, -0.2) is 17.8 Å². The third kappa shape index (κ3) is 3.89. The fourth-order valence-corrected chi connectivity index (χ4v) is 3.34. The zero-order valence-electron chi connectivity index (χ0n) is 13.3. The van der Waals surface area contributed by atoms with Crippen LogP contribution in [0.2, 0.25) is 0 Å². The molecule has 0 aliphatic heterocycles. The molecule has 2 aromatic heterocycles. The van der Waals surface area contributed by atoms with E-state index in [2.05, 4.69) is 15.3 Å². The largest absolute Gasteiger partial charge is 0.287 e. The molecule has 0 saturated heterocycles. The molecule has 0 radical (unpaired) electrons. The van der Waals surface area contributed by atoms with Gasteiger partial charge >= 0.3 is 0 Å². The molecule has 0 atom stereocenters. The summed E-state index contributed by atoms with van der Waals surface area (Å²) in [7, 11) is -3.87. The van der Waals surface area contributed by atoms with Crippen LogP contribution in [-0.4, -0.2) is 34.3 Å². The zero-order valence-corrected chi connectivity index (χ0v) is 14.1. The number of nitrogens with zero attached hydrogens (tertiary/aromatic N) is 4. The number of benzene rings is 1. The first kappa shape index (κ1) is 16.8. The van der Waals surface area contributed by atoms with E-state index in [0.29, 0.717) is 11.3 Å². The number of nitrogens with one attached hydrogen (secondary N) is 1. The van der Waals surface area contributed by atoms with Gasteiger partial charge in [0.2, 0.25) is 10.0 Å². The molecule has 3 aromatic rings. The topological polar surface area (TPSA) is 107 Å². The van der Waals surface area contributed by atoms with Gasteiger partial charge in [0.15, 0.2) is 5.69 Å². The summed E-state index contributed by atoms with van der Waals surface area (Å²) in [5, 5.41) is 7.73. The fraction of sp³-hybridized carbons (Fsp3) is 0.125. The molecule has 0 fully saturated rings. The summed E-state index contributed by atoms with van der Waals surface area (Å²) in [6, 6.07) is 12.4. The van der Waals surface area contributed by atoms with Crippen LogP contribution < -0.4 is 4.72 Å². The molecule has 0 bridgehead atoms. The molecule has 8 nitrogen and oxygen atoms in total. The Balaban J connectivity index is 1.79. The van der Waals surface area contributed by atoms with E-state index < -0.39 is 15.9 Å². The molecule has 25 heavy (non-hydrogen) atoms. The minimum Gasteiger partial charge on any atom is -0.266 e. The zero-order chi connectivity index (χ0) is 17.9. The monoisotopic (exact) mass is 357 g/mol. The molecule has 0 aliphatic carbocycles. The lowest BCUT2D eigenvalue weighted by molar-refractivity contribution is 0.0976. The van der Waals surface area contributed by atoms with Crippen LogP contribution in [0.5, 0.6) is 0 Å². The summed E-state index contributed by atoms with van der Waals surface area (Å²) in [6.07, 6.45) is 2.97. The van der Waals surface area contributed by atoms with Gasteiger partial charge in [-0.15, -0.1) is 5.10 Å². The van der Waals surface area contributed by atoms with Crippen molar-refractivity contribution >= 4 is 15.9 Å². The number of hydrogen-bond donors (Lipinski definition) is 1. The molecule has 9 heteroatoms. The Morgan fingerprint density at radius 3 is 2.60 bits per heavy atom. The Bertz CT molecular complexity index is 985. The molecule has 1 aromatic carbocycles. The number of aromatic nitrogens is 4. The second-order valence-electron chi connectivity index (χ2n) is 5.32. The average molecular weight is 357 g/mol. The Labute approximate surface area is 144 Å². The highest BCUT2D eigenvalue weighted by molar-refractivity contribution is 7.89. The first-order valence-corrected chi connectivity index (χ1v) is 9.03. The van der Waals surface area contributed by atoms with Gasteiger partial charge in [-0.3, -0.25) is 9.78 Å². The van der Waals surface area contributed by atoms with Crippen molar-refractivity contribution in [2.75, 3.05) is 0 Å².